The maximum Gasteiger partial charge on any atom is 0.0300 e. The molecule has 1 aliphatic rings. The molecule has 0 aromatic carbocycles. The fourth-order valence-electron chi connectivity index (χ4n) is 0.562. The van der Waals surface area contributed by atoms with Crippen LogP contribution in [0, 0.1) is 11.3 Å². The Morgan fingerprint density at radius 2 is 1.89 bits per heavy atom. The van der Waals surface area contributed by atoms with E-state index in [2.05, 4.69) is 0 Å². The number of hydrogen-bond acceptors (Lipinski definition) is 0. The first-order valence-electron chi connectivity index (χ1n) is 7.50. The Hall–Kier alpha value is 0. The van der Waals surface area contributed by atoms with Gasteiger partial charge >= 0.3 is 0 Å². The van der Waals surface area contributed by atoms with Crippen LogP contribution in [0.2, 0.25) is 0 Å². The fourth-order valence-corrected chi connectivity index (χ4v) is 0.562. The summed E-state index contributed by atoms with van der Waals surface area (Å²) in [7, 11) is 0. The monoisotopic (exact) mass is 135 g/mol. The van der Waals surface area contributed by atoms with E-state index < -0.39 is 36.8 Å². The summed E-state index contributed by atoms with van der Waals surface area (Å²) in [5, 5.41) is 0. The van der Waals surface area contributed by atoms with Crippen molar-refractivity contribution in [1.82, 2.24) is 0 Å². The molecule has 0 aromatic rings. The molecule has 0 radical (unpaired) electrons. The minimum Gasteiger partial charge on any atom is -0.0625 e. The van der Waals surface area contributed by atoms with E-state index in [0.717, 1.165) is 20.8 Å². The molecule has 9 heavy (non-hydrogen) atoms. The molecule has 0 saturated heterocycles. The maximum absolute atomic E-state index is 7.89. The van der Waals surface area contributed by atoms with E-state index in [1.54, 1.807) is 0 Å². The second kappa shape index (κ2) is 2.32. The molecule has 1 rings (SSSR count). The van der Waals surface area contributed by atoms with Gasteiger partial charge in [-0.15, -0.1) is 0 Å². The molecule has 0 nitrogen and oxygen atoms in total. The Kier molecular flexibility index (Phi) is 0.458. The van der Waals surface area contributed by atoms with Crippen LogP contribution in [0.4, 0.5) is 0 Å². The van der Waals surface area contributed by atoms with Gasteiger partial charge in [0.05, 0.1) is 0 Å². The molecule has 0 amide bonds. The van der Waals surface area contributed by atoms with Crippen molar-refractivity contribution >= 4 is 0 Å². The van der Waals surface area contributed by atoms with Gasteiger partial charge in [0.25, 0.3) is 0 Å². The quantitative estimate of drug-likeness (QED) is 0.478. The first-order chi connectivity index (χ1) is 7.50. The first kappa shape index (κ1) is 1.78. The summed E-state index contributed by atoms with van der Waals surface area (Å²) in [5.41, 5.74) is -1.91. The molecule has 0 N–H and O–H groups in total. The summed E-state index contributed by atoms with van der Waals surface area (Å²) in [6.45, 7) is 3.24. The van der Waals surface area contributed by atoms with Gasteiger partial charge in [-0.25, -0.2) is 0 Å². The van der Waals surface area contributed by atoms with Crippen molar-refractivity contribution in [2.45, 2.75) is 46.3 Å². The normalized spacial score (nSPS) is 69.0. The van der Waals surface area contributed by atoms with E-state index >= 15 is 0 Å². The van der Waals surface area contributed by atoms with Crippen LogP contribution >= 0.6 is 0 Å². The average Bonchev–Trinajstić information content (AvgIpc) is 2.14. The average molecular weight is 135 g/mol. The highest BCUT2D eigenvalue weighted by molar-refractivity contribution is 4.76. The van der Waals surface area contributed by atoms with E-state index in [9.17, 15) is 0 Å². The molecule has 1 aliphatic carbocycles. The van der Waals surface area contributed by atoms with E-state index in [-0.39, 0.29) is 0 Å². The van der Waals surface area contributed by atoms with E-state index in [4.69, 9.17) is 12.3 Å². The van der Waals surface area contributed by atoms with Gasteiger partial charge in [-0.2, -0.15) is 0 Å². The molecule has 1 saturated carbocycles. The van der Waals surface area contributed by atoms with E-state index in [1.165, 1.54) is 0 Å². The molecule has 0 aromatic heterocycles. The Morgan fingerprint density at radius 3 is 2.33 bits per heavy atom. The molecular weight excluding hydrogens is 108 g/mol. The van der Waals surface area contributed by atoms with Crippen LogP contribution in [0.25, 0.3) is 0 Å². The Morgan fingerprint density at radius 1 is 1.44 bits per heavy atom. The summed E-state index contributed by atoms with van der Waals surface area (Å²) in [6.07, 6.45) is -11.0. The fraction of sp³-hybridized carbons (Fsp3) is 1.00. The molecule has 0 heteroatoms. The lowest BCUT2D eigenvalue weighted by molar-refractivity contribution is 0.201. The van der Waals surface area contributed by atoms with Gasteiger partial charge < -0.3 is 0 Å². The van der Waals surface area contributed by atoms with E-state index in [0.29, 0.717) is 0 Å². The first-order valence-corrected chi connectivity index (χ1v) is 3.00. The number of hydrogen-bond donors (Lipinski definition) is 0. The van der Waals surface area contributed by atoms with Crippen LogP contribution in [0.3, 0.4) is 0 Å². The minimum absolute atomic E-state index is 0.915. The molecule has 0 heterocycles. The van der Waals surface area contributed by atoms with Gasteiger partial charge in [0, 0.05) is 12.3 Å². The molecule has 0 aliphatic heterocycles. The van der Waals surface area contributed by atoms with E-state index in [1.807, 2.05) is 0 Å². The third-order valence-electron chi connectivity index (χ3n) is 1.12. The second-order valence-electron chi connectivity index (χ2n) is 2.75. The molecule has 0 spiro atoms. The molecule has 0 unspecified atom stereocenters. The predicted octanol–water partition coefficient (Wildman–Crippen LogP) is 3.22. The molecule has 54 valence electrons. The largest absolute Gasteiger partial charge is 0.0625 e. The zero-order valence-corrected chi connectivity index (χ0v) is 6.00. The van der Waals surface area contributed by atoms with Crippen molar-refractivity contribution in [3.63, 3.8) is 0 Å². The van der Waals surface area contributed by atoms with Gasteiger partial charge in [0.1, 0.15) is 0 Å². The zero-order chi connectivity index (χ0) is 15.0. The van der Waals surface area contributed by atoms with Gasteiger partial charge in [0.2, 0.25) is 0 Å². The number of rotatable bonds is 0. The highest BCUT2D eigenvalue weighted by Crippen LogP contribution is 2.37. The van der Waals surface area contributed by atoms with Crippen LogP contribution < -0.4 is 0 Å². The molecule has 1 fully saturated rings. The summed E-state index contributed by atoms with van der Waals surface area (Å²) in [4.78, 5) is 0. The van der Waals surface area contributed by atoms with Crippen LogP contribution in [0.5, 0.6) is 0 Å². The third kappa shape index (κ3) is 2.00. The lowest BCUT2D eigenvalue weighted by Gasteiger charge is -2.32. The minimum atomic E-state index is -2.82. The summed E-state index contributed by atoms with van der Waals surface area (Å²) in [6, 6.07) is 0. The molecule has 0 atom stereocenters. The SMILES string of the molecule is [2H]C1([2H])C([2H])([2H])C(C)(C)C([2H])([2H])C([2H])([2H])C1([2H])C. The van der Waals surface area contributed by atoms with Gasteiger partial charge in [-0.3, -0.25) is 0 Å². The van der Waals surface area contributed by atoms with Crippen molar-refractivity contribution in [2.75, 3.05) is 0 Å². The topological polar surface area (TPSA) is 0 Å². The van der Waals surface area contributed by atoms with Crippen molar-refractivity contribution < 1.29 is 12.3 Å². The summed E-state index contributed by atoms with van der Waals surface area (Å²) in [5.74, 6) is -2.54. The smallest absolute Gasteiger partial charge is 0.0300 e. The van der Waals surface area contributed by atoms with Gasteiger partial charge in [-0.05, 0) is 24.1 Å². The zero-order valence-electron chi connectivity index (χ0n) is 15.0. The summed E-state index contributed by atoms with van der Waals surface area (Å²) < 4.78 is 70.7. The Labute approximate surface area is 71.3 Å². The van der Waals surface area contributed by atoms with Crippen LogP contribution in [-0.4, -0.2) is 0 Å². The van der Waals surface area contributed by atoms with Crippen molar-refractivity contribution in [2.24, 2.45) is 11.3 Å². The van der Waals surface area contributed by atoms with Gasteiger partial charge in [-0.1, -0.05) is 33.5 Å². The summed E-state index contributed by atoms with van der Waals surface area (Å²) >= 11 is 0. The maximum atomic E-state index is 7.89. The van der Waals surface area contributed by atoms with Crippen LogP contribution in [0.15, 0.2) is 0 Å². The van der Waals surface area contributed by atoms with Crippen molar-refractivity contribution in [3.05, 3.63) is 0 Å². The van der Waals surface area contributed by atoms with Crippen molar-refractivity contribution in [1.29, 1.82) is 0 Å². The Balaban J connectivity index is 3.72. The second-order valence-corrected chi connectivity index (χ2v) is 2.75. The van der Waals surface area contributed by atoms with Crippen LogP contribution in [-0.2, 0) is 0 Å². The predicted molar refractivity (Wildman–Crippen MR) is 41.4 cm³/mol. The lowest BCUT2D eigenvalue weighted by Crippen LogP contribution is -2.19. The highest BCUT2D eigenvalue weighted by atomic mass is 14.3. The third-order valence-corrected chi connectivity index (χ3v) is 1.12. The standard InChI is InChI=1S/C9H18/c1-8-4-6-9(2,3)7-5-8/h8H,4-7H2,1-3H3/i4D2,5D2,6D2,7D2,8D. The molecule has 0 bridgehead atoms. The molecular formula is C9H18. The lowest BCUT2D eigenvalue weighted by atomic mass is 9.74. The Bertz CT molecular complexity index is 249. The highest BCUT2D eigenvalue weighted by Gasteiger charge is 2.23. The van der Waals surface area contributed by atoms with Crippen molar-refractivity contribution in [3.8, 4) is 0 Å². The van der Waals surface area contributed by atoms with Gasteiger partial charge in [0.15, 0.2) is 0 Å². The van der Waals surface area contributed by atoms with Crippen LogP contribution in [0.1, 0.15) is 58.6 Å².